The highest BCUT2D eigenvalue weighted by Gasteiger charge is 2.25. The summed E-state index contributed by atoms with van der Waals surface area (Å²) in [6.07, 6.45) is 1.26. The number of sulfone groups is 1. The number of ether oxygens (including phenoxy) is 1. The van der Waals surface area contributed by atoms with Crippen molar-refractivity contribution in [3.05, 3.63) is 35.1 Å². The van der Waals surface area contributed by atoms with Crippen LogP contribution >= 0.6 is 0 Å². The maximum absolute atomic E-state index is 13.4. The van der Waals surface area contributed by atoms with Gasteiger partial charge in [0.1, 0.15) is 11.6 Å². The van der Waals surface area contributed by atoms with Gasteiger partial charge in [0.15, 0.2) is 9.84 Å². The lowest BCUT2D eigenvalue weighted by atomic mass is 10.1. The largest absolute Gasteiger partial charge is 0.377 e. The average Bonchev–Trinajstić information content (AvgIpc) is 2.91. The van der Waals surface area contributed by atoms with E-state index in [1.807, 2.05) is 0 Å². The third-order valence-electron chi connectivity index (χ3n) is 3.54. The first kappa shape index (κ1) is 16.9. The topological polar surface area (TPSA) is 72.5 Å². The summed E-state index contributed by atoms with van der Waals surface area (Å²) in [5.74, 6) is -1.63. The lowest BCUT2D eigenvalue weighted by Gasteiger charge is -2.10. The van der Waals surface area contributed by atoms with E-state index in [0.29, 0.717) is 24.2 Å². The van der Waals surface area contributed by atoms with Crippen LogP contribution in [0.15, 0.2) is 18.2 Å². The van der Waals surface area contributed by atoms with Crippen LogP contribution < -0.4 is 5.32 Å². The van der Waals surface area contributed by atoms with Gasteiger partial charge < -0.3 is 10.1 Å². The molecule has 122 valence electrons. The fraction of sp³-hybridized carbons (Fsp3) is 0.533. The molecular weight excluding hydrogens is 309 g/mol. The molecule has 0 aliphatic carbocycles. The summed E-state index contributed by atoms with van der Waals surface area (Å²) in [4.78, 5) is 11.7. The highest BCUT2D eigenvalue weighted by atomic mass is 32.2. The normalized spacial score (nSPS) is 18.4. The molecule has 1 fully saturated rings. The monoisotopic (exact) mass is 329 g/mol. The highest BCUT2D eigenvalue weighted by Crippen LogP contribution is 2.14. The van der Waals surface area contributed by atoms with Crippen LogP contribution in [-0.2, 0) is 25.9 Å². The van der Waals surface area contributed by atoms with Gasteiger partial charge in [-0.3, -0.25) is 4.79 Å². The van der Waals surface area contributed by atoms with Crippen LogP contribution in [0.1, 0.15) is 24.0 Å². The Kier molecular flexibility index (Phi) is 5.52. The number of amides is 1. The third-order valence-corrected chi connectivity index (χ3v) is 5.12. The second-order valence-electron chi connectivity index (χ2n) is 5.55. The molecular formula is C15H20FNO4S. The van der Waals surface area contributed by atoms with Gasteiger partial charge in [-0.15, -0.1) is 0 Å². The number of hydrogen-bond acceptors (Lipinski definition) is 4. The molecule has 0 bridgehead atoms. The van der Waals surface area contributed by atoms with Crippen molar-refractivity contribution in [1.82, 2.24) is 5.32 Å². The number of carbonyl (C=O) groups excluding carboxylic acids is 1. The minimum absolute atomic E-state index is 0.103. The Morgan fingerprint density at radius 2 is 2.23 bits per heavy atom. The van der Waals surface area contributed by atoms with Crippen LogP contribution in [0.25, 0.3) is 0 Å². The van der Waals surface area contributed by atoms with Crippen molar-refractivity contribution in [1.29, 1.82) is 0 Å². The first-order chi connectivity index (χ1) is 10.4. The lowest BCUT2D eigenvalue weighted by Crippen LogP contribution is -2.33. The van der Waals surface area contributed by atoms with Gasteiger partial charge in [-0.2, -0.15) is 0 Å². The van der Waals surface area contributed by atoms with E-state index in [1.54, 1.807) is 19.1 Å². The van der Waals surface area contributed by atoms with Gasteiger partial charge in [-0.1, -0.05) is 12.1 Å². The molecule has 22 heavy (non-hydrogen) atoms. The molecule has 7 heteroatoms. The van der Waals surface area contributed by atoms with Gasteiger partial charge in [-0.05, 0) is 37.0 Å². The van der Waals surface area contributed by atoms with Crippen LogP contribution in [0.3, 0.4) is 0 Å². The van der Waals surface area contributed by atoms with Crippen molar-refractivity contribution < 1.29 is 22.3 Å². The van der Waals surface area contributed by atoms with Crippen molar-refractivity contribution >= 4 is 15.7 Å². The fourth-order valence-electron chi connectivity index (χ4n) is 2.32. The van der Waals surface area contributed by atoms with E-state index >= 15 is 0 Å². The van der Waals surface area contributed by atoms with Crippen molar-refractivity contribution in [3.8, 4) is 0 Å². The number of carbonyl (C=O) groups is 1. The van der Waals surface area contributed by atoms with Crippen molar-refractivity contribution in [2.24, 2.45) is 0 Å². The number of hydrogen-bond donors (Lipinski definition) is 1. The van der Waals surface area contributed by atoms with E-state index < -0.39 is 21.5 Å². The molecule has 1 N–H and O–H groups in total. The summed E-state index contributed by atoms with van der Waals surface area (Å²) in [6.45, 7) is 2.33. The Labute approximate surface area is 129 Å². The molecule has 1 saturated heterocycles. The minimum Gasteiger partial charge on any atom is -0.377 e. The molecule has 1 aliphatic heterocycles. The standard InChI is InChI=1S/C15H20FNO4S/c1-11-4-5-12(7-14(11)16)8-17-15(18)10-22(19,20)9-13-3-2-6-21-13/h4-5,7,13H,2-3,6,8-10H2,1H3,(H,17,18). The molecule has 1 atom stereocenters. The quantitative estimate of drug-likeness (QED) is 0.855. The Balaban J connectivity index is 1.82. The molecule has 1 unspecified atom stereocenters. The van der Waals surface area contributed by atoms with Crippen molar-refractivity contribution in [2.45, 2.75) is 32.4 Å². The van der Waals surface area contributed by atoms with Gasteiger partial charge in [0.2, 0.25) is 5.91 Å². The number of nitrogens with one attached hydrogen (secondary N) is 1. The molecule has 0 saturated carbocycles. The number of halogens is 1. The van der Waals surface area contributed by atoms with Crippen LogP contribution in [0.4, 0.5) is 4.39 Å². The van der Waals surface area contributed by atoms with Gasteiger partial charge >= 0.3 is 0 Å². The number of benzene rings is 1. The zero-order chi connectivity index (χ0) is 16.2. The highest BCUT2D eigenvalue weighted by molar-refractivity contribution is 7.92. The van der Waals surface area contributed by atoms with Gasteiger partial charge in [0.25, 0.3) is 0 Å². The average molecular weight is 329 g/mol. The molecule has 1 amide bonds. The van der Waals surface area contributed by atoms with E-state index in [4.69, 9.17) is 4.74 Å². The van der Waals surface area contributed by atoms with Gasteiger partial charge in [0, 0.05) is 13.2 Å². The fourth-order valence-corrected chi connectivity index (χ4v) is 3.76. The minimum atomic E-state index is -3.49. The number of aryl methyl sites for hydroxylation is 1. The maximum Gasteiger partial charge on any atom is 0.235 e. The first-order valence-electron chi connectivity index (χ1n) is 7.19. The van der Waals surface area contributed by atoms with E-state index in [0.717, 1.165) is 6.42 Å². The number of rotatable bonds is 6. The molecule has 1 aromatic rings. The van der Waals surface area contributed by atoms with E-state index in [1.165, 1.54) is 6.07 Å². The summed E-state index contributed by atoms with van der Waals surface area (Å²) < 4.78 is 42.5. The predicted molar refractivity (Wildman–Crippen MR) is 80.6 cm³/mol. The Morgan fingerprint density at radius 3 is 2.86 bits per heavy atom. The Hall–Kier alpha value is -1.47. The maximum atomic E-state index is 13.4. The van der Waals surface area contributed by atoms with E-state index in [-0.39, 0.29) is 24.2 Å². The molecule has 0 spiro atoms. The predicted octanol–water partition coefficient (Wildman–Crippen LogP) is 1.34. The zero-order valence-electron chi connectivity index (χ0n) is 12.5. The van der Waals surface area contributed by atoms with Crippen molar-refractivity contribution in [2.75, 3.05) is 18.1 Å². The first-order valence-corrected chi connectivity index (χ1v) is 9.01. The summed E-state index contributed by atoms with van der Waals surface area (Å²) in [7, 11) is -3.49. The van der Waals surface area contributed by atoms with Crippen LogP contribution in [0, 0.1) is 12.7 Å². The molecule has 0 aromatic heterocycles. The molecule has 1 aromatic carbocycles. The summed E-state index contributed by atoms with van der Waals surface area (Å²) >= 11 is 0. The molecule has 0 radical (unpaired) electrons. The molecule has 1 heterocycles. The van der Waals surface area contributed by atoms with Crippen LogP contribution in [0.2, 0.25) is 0 Å². The van der Waals surface area contributed by atoms with Crippen molar-refractivity contribution in [3.63, 3.8) is 0 Å². The van der Waals surface area contributed by atoms with Gasteiger partial charge in [0.05, 0.1) is 11.9 Å². The van der Waals surface area contributed by atoms with Crippen LogP contribution in [0.5, 0.6) is 0 Å². The Morgan fingerprint density at radius 1 is 1.45 bits per heavy atom. The Bertz CT molecular complexity index is 639. The molecule has 5 nitrogen and oxygen atoms in total. The summed E-state index contributed by atoms with van der Waals surface area (Å²) in [5.41, 5.74) is 1.11. The van der Waals surface area contributed by atoms with Crippen LogP contribution in [-0.4, -0.2) is 38.5 Å². The second kappa shape index (κ2) is 7.19. The van der Waals surface area contributed by atoms with Gasteiger partial charge in [-0.25, -0.2) is 12.8 Å². The lowest BCUT2D eigenvalue weighted by molar-refractivity contribution is -0.118. The molecule has 1 aliphatic rings. The van der Waals surface area contributed by atoms with E-state index in [9.17, 15) is 17.6 Å². The van der Waals surface area contributed by atoms with E-state index in [2.05, 4.69) is 5.32 Å². The SMILES string of the molecule is Cc1ccc(CNC(=O)CS(=O)(=O)CC2CCCO2)cc1F. The molecule has 2 rings (SSSR count). The second-order valence-corrected chi connectivity index (χ2v) is 7.66. The zero-order valence-corrected chi connectivity index (χ0v) is 13.3. The third kappa shape index (κ3) is 5.06. The summed E-state index contributed by atoms with van der Waals surface area (Å²) in [5, 5.41) is 2.50. The smallest absolute Gasteiger partial charge is 0.235 e. The summed E-state index contributed by atoms with van der Waals surface area (Å²) in [6, 6.07) is 4.64.